The zero-order chi connectivity index (χ0) is 27.7. The highest BCUT2D eigenvalue weighted by Crippen LogP contribution is 2.33. The molecule has 0 unspecified atom stereocenters. The fraction of sp³-hybridized carbons (Fsp3) is 0.500. The van der Waals surface area contributed by atoms with Crippen LogP contribution in [0, 0.1) is 0 Å². The first-order chi connectivity index (χ1) is 19.3. The highest BCUT2D eigenvalue weighted by Gasteiger charge is 2.31. The molecule has 0 spiro atoms. The van der Waals surface area contributed by atoms with Crippen molar-refractivity contribution in [3.8, 4) is 11.3 Å². The Labute approximate surface area is 240 Å². The minimum absolute atomic E-state index is 0.414. The van der Waals surface area contributed by atoms with Crippen molar-refractivity contribution in [2.45, 2.75) is 31.9 Å². The van der Waals surface area contributed by atoms with Crippen molar-refractivity contribution in [1.82, 2.24) is 24.8 Å². The summed E-state index contributed by atoms with van der Waals surface area (Å²) in [7, 11) is 0. The molecular weight excluding hydrogens is 559 g/mol. The Balaban J connectivity index is 1.09. The molecule has 5 heterocycles. The number of hydrogen-bond donors (Lipinski definition) is 1. The summed E-state index contributed by atoms with van der Waals surface area (Å²) in [6.07, 6.45) is 0.227. The van der Waals surface area contributed by atoms with Gasteiger partial charge in [0.1, 0.15) is 0 Å². The van der Waals surface area contributed by atoms with Crippen LogP contribution in [0.3, 0.4) is 0 Å². The number of hydrogen-bond acceptors (Lipinski definition) is 9. The summed E-state index contributed by atoms with van der Waals surface area (Å²) in [5.41, 5.74) is 0.195. The molecule has 9 nitrogen and oxygen atoms in total. The van der Waals surface area contributed by atoms with Crippen LogP contribution < -0.4 is 20.0 Å². The topological polar surface area (TPSA) is 76.6 Å². The lowest BCUT2D eigenvalue weighted by Crippen LogP contribution is -2.50. The highest BCUT2D eigenvalue weighted by atomic mass is 32.1. The predicted molar refractivity (Wildman–Crippen MR) is 155 cm³/mol. The summed E-state index contributed by atoms with van der Waals surface area (Å²) in [5, 5.41) is 5.98. The van der Waals surface area contributed by atoms with Gasteiger partial charge in [0.05, 0.1) is 11.3 Å². The molecular formula is C26H30F3N9S2. The van der Waals surface area contributed by atoms with Gasteiger partial charge in [-0.15, -0.1) is 11.3 Å². The van der Waals surface area contributed by atoms with Crippen molar-refractivity contribution < 1.29 is 13.2 Å². The van der Waals surface area contributed by atoms with Crippen molar-refractivity contribution >= 4 is 51.6 Å². The van der Waals surface area contributed by atoms with Crippen LogP contribution in [0.25, 0.3) is 11.3 Å². The standard InChI is InChI=1S/C26H30F3N9S2/c27-26(28,29)19-7-5-6-18(16-19)20-17-40-24(30-20)34-25(39)38-14-12-37(13-15-38)23-32-21(35-8-1-2-9-35)31-22(33-23)36-10-3-4-11-36/h5-7,16-17H,1-4,8-15H2,(H,30,34,39). The maximum Gasteiger partial charge on any atom is 0.416 e. The normalized spacial score (nSPS) is 18.1. The zero-order valence-corrected chi connectivity index (χ0v) is 23.5. The number of nitrogens with one attached hydrogen (secondary N) is 1. The fourth-order valence-corrected chi connectivity index (χ4v) is 6.26. The molecule has 14 heteroatoms. The number of rotatable bonds is 5. The van der Waals surface area contributed by atoms with E-state index in [1.807, 2.05) is 0 Å². The van der Waals surface area contributed by atoms with E-state index in [0.29, 0.717) is 53.6 Å². The van der Waals surface area contributed by atoms with E-state index in [2.05, 4.69) is 29.9 Å². The lowest BCUT2D eigenvalue weighted by molar-refractivity contribution is -0.137. The molecule has 3 aliphatic heterocycles. The number of benzene rings is 1. The Kier molecular flexibility index (Phi) is 7.62. The van der Waals surface area contributed by atoms with E-state index < -0.39 is 11.7 Å². The summed E-state index contributed by atoms with van der Waals surface area (Å²) in [4.78, 5) is 27.8. The molecule has 0 bridgehead atoms. The first-order valence-corrected chi connectivity index (χ1v) is 14.8. The van der Waals surface area contributed by atoms with E-state index in [1.165, 1.54) is 17.4 Å². The minimum atomic E-state index is -4.40. The van der Waals surface area contributed by atoms with Gasteiger partial charge in [0.15, 0.2) is 10.2 Å². The number of piperazine rings is 1. The van der Waals surface area contributed by atoms with Crippen LogP contribution in [-0.2, 0) is 6.18 Å². The van der Waals surface area contributed by atoms with Gasteiger partial charge in [-0.3, -0.25) is 0 Å². The summed E-state index contributed by atoms with van der Waals surface area (Å²) in [6, 6.07) is 5.18. The maximum absolute atomic E-state index is 13.1. The van der Waals surface area contributed by atoms with E-state index in [1.54, 1.807) is 11.4 Å². The second-order valence-electron chi connectivity index (χ2n) is 10.1. The summed E-state index contributed by atoms with van der Waals surface area (Å²) < 4.78 is 39.3. The van der Waals surface area contributed by atoms with Gasteiger partial charge in [0, 0.05) is 63.3 Å². The average Bonchev–Trinajstić information content (AvgIpc) is 3.76. The molecule has 3 aliphatic rings. The molecule has 0 aliphatic carbocycles. The Hall–Kier alpha value is -3.26. The molecule has 1 N–H and O–H groups in total. The van der Waals surface area contributed by atoms with E-state index in [-0.39, 0.29) is 0 Å². The quantitative estimate of drug-likeness (QED) is 0.422. The smallest absolute Gasteiger partial charge is 0.345 e. The number of thiocarbonyl (C=S) groups is 1. The van der Waals surface area contributed by atoms with Gasteiger partial charge < -0.3 is 24.9 Å². The fourth-order valence-electron chi connectivity index (χ4n) is 5.20. The average molecular weight is 590 g/mol. The van der Waals surface area contributed by atoms with Crippen LogP contribution >= 0.6 is 23.6 Å². The van der Waals surface area contributed by atoms with Gasteiger partial charge in [0.2, 0.25) is 17.8 Å². The maximum atomic E-state index is 13.1. The van der Waals surface area contributed by atoms with Crippen LogP contribution in [-0.4, -0.2) is 82.3 Å². The molecule has 3 fully saturated rings. The molecule has 0 atom stereocenters. The van der Waals surface area contributed by atoms with Crippen LogP contribution in [0.5, 0.6) is 0 Å². The molecule has 6 rings (SSSR count). The largest absolute Gasteiger partial charge is 0.416 e. The second-order valence-corrected chi connectivity index (χ2v) is 11.4. The Morgan fingerprint density at radius 1 is 0.775 bits per heavy atom. The third-order valence-electron chi connectivity index (χ3n) is 7.43. The van der Waals surface area contributed by atoms with Crippen LogP contribution in [0.15, 0.2) is 29.6 Å². The first kappa shape index (κ1) is 26.9. The molecule has 0 saturated carbocycles. The number of thiazole rings is 1. The van der Waals surface area contributed by atoms with Crippen molar-refractivity contribution in [3.05, 3.63) is 35.2 Å². The van der Waals surface area contributed by atoms with Crippen molar-refractivity contribution in [2.24, 2.45) is 0 Å². The predicted octanol–water partition coefficient (Wildman–Crippen LogP) is 4.73. The lowest BCUT2D eigenvalue weighted by atomic mass is 10.1. The van der Waals surface area contributed by atoms with E-state index in [9.17, 15) is 13.2 Å². The monoisotopic (exact) mass is 589 g/mol. The number of anilines is 4. The van der Waals surface area contributed by atoms with Crippen LogP contribution in [0.4, 0.5) is 36.1 Å². The number of aromatic nitrogens is 4. The Bertz CT molecular complexity index is 1310. The summed E-state index contributed by atoms with van der Waals surface area (Å²) in [6.45, 7) is 6.68. The van der Waals surface area contributed by atoms with Crippen LogP contribution in [0.1, 0.15) is 31.2 Å². The van der Waals surface area contributed by atoms with Crippen molar-refractivity contribution in [2.75, 3.05) is 72.4 Å². The molecule has 212 valence electrons. The third-order valence-corrected chi connectivity index (χ3v) is 8.55. The van der Waals surface area contributed by atoms with Gasteiger partial charge in [-0.05, 0) is 50.0 Å². The van der Waals surface area contributed by atoms with Gasteiger partial charge >= 0.3 is 6.18 Å². The number of nitrogens with zero attached hydrogens (tertiary/aromatic N) is 8. The Morgan fingerprint density at radius 3 is 1.88 bits per heavy atom. The van der Waals surface area contributed by atoms with E-state index in [0.717, 1.165) is 75.9 Å². The zero-order valence-electron chi connectivity index (χ0n) is 21.9. The van der Waals surface area contributed by atoms with Crippen molar-refractivity contribution in [1.29, 1.82) is 0 Å². The van der Waals surface area contributed by atoms with Crippen LogP contribution in [0.2, 0.25) is 0 Å². The second kappa shape index (κ2) is 11.3. The number of halogens is 3. The first-order valence-electron chi connectivity index (χ1n) is 13.5. The molecule has 1 aromatic carbocycles. The molecule has 2 aromatic heterocycles. The molecule has 3 aromatic rings. The molecule has 40 heavy (non-hydrogen) atoms. The molecule has 0 radical (unpaired) electrons. The van der Waals surface area contributed by atoms with Gasteiger partial charge in [0.25, 0.3) is 0 Å². The van der Waals surface area contributed by atoms with Gasteiger partial charge in [-0.2, -0.15) is 28.1 Å². The third kappa shape index (κ3) is 5.92. The van der Waals surface area contributed by atoms with E-state index >= 15 is 0 Å². The molecule has 0 amide bonds. The Morgan fingerprint density at radius 2 is 1.32 bits per heavy atom. The van der Waals surface area contributed by atoms with Gasteiger partial charge in [-0.25, -0.2) is 4.98 Å². The summed E-state index contributed by atoms with van der Waals surface area (Å²) >= 11 is 6.96. The highest BCUT2D eigenvalue weighted by molar-refractivity contribution is 7.80. The van der Waals surface area contributed by atoms with Crippen molar-refractivity contribution in [3.63, 3.8) is 0 Å². The number of alkyl halides is 3. The summed E-state index contributed by atoms with van der Waals surface area (Å²) in [5.74, 6) is 2.25. The molecule has 3 saturated heterocycles. The van der Waals surface area contributed by atoms with Gasteiger partial charge in [-0.1, -0.05) is 12.1 Å². The SMILES string of the molecule is FC(F)(F)c1cccc(-c2csc(NC(=S)N3CCN(c4nc(N5CCCC5)nc(N5CCCC5)n4)CC3)n2)c1. The lowest BCUT2D eigenvalue weighted by Gasteiger charge is -2.36. The minimum Gasteiger partial charge on any atom is -0.345 e. The van der Waals surface area contributed by atoms with E-state index in [4.69, 9.17) is 27.2 Å².